The molecule has 0 unspecified atom stereocenters. The van der Waals surface area contributed by atoms with E-state index in [0.29, 0.717) is 37.7 Å². The summed E-state index contributed by atoms with van der Waals surface area (Å²) in [5.41, 5.74) is 4.85. The van der Waals surface area contributed by atoms with E-state index in [-0.39, 0.29) is 0 Å². The van der Waals surface area contributed by atoms with Crippen LogP contribution in [0.3, 0.4) is 0 Å². The maximum Gasteiger partial charge on any atom is 0.243 e. The first-order valence-corrected chi connectivity index (χ1v) is 10.3. The van der Waals surface area contributed by atoms with Gasteiger partial charge in [-0.15, -0.1) is 0 Å². The Morgan fingerprint density at radius 2 is 1.50 bits per heavy atom. The van der Waals surface area contributed by atoms with Crippen molar-refractivity contribution in [3.63, 3.8) is 0 Å². The van der Waals surface area contributed by atoms with Crippen molar-refractivity contribution in [1.29, 1.82) is 0 Å². The molecule has 2 aromatic carbocycles. The summed E-state index contributed by atoms with van der Waals surface area (Å²) < 4.78 is 32.0. The summed E-state index contributed by atoms with van der Waals surface area (Å²) >= 11 is 0. The van der Waals surface area contributed by atoms with Crippen LogP contribution in [0.15, 0.2) is 47.4 Å². The van der Waals surface area contributed by atoms with Crippen molar-refractivity contribution in [3.05, 3.63) is 64.7 Å². The molecule has 140 valence electrons. The molecule has 0 spiro atoms. The van der Waals surface area contributed by atoms with Gasteiger partial charge in [-0.05, 0) is 37.1 Å². The third-order valence-electron chi connectivity index (χ3n) is 4.47. The van der Waals surface area contributed by atoms with Gasteiger partial charge in [0.1, 0.15) is 0 Å². The Balaban J connectivity index is 1.59. The largest absolute Gasteiger partial charge is 0.379 e. The second kappa shape index (κ2) is 8.31. The van der Waals surface area contributed by atoms with E-state index in [0.717, 1.165) is 12.1 Å². The van der Waals surface area contributed by atoms with Gasteiger partial charge >= 0.3 is 0 Å². The summed E-state index contributed by atoms with van der Waals surface area (Å²) in [5.74, 6) is 0. The molecule has 1 aliphatic rings. The monoisotopic (exact) mass is 374 g/mol. The van der Waals surface area contributed by atoms with Crippen molar-refractivity contribution >= 4 is 10.0 Å². The Bertz CT molecular complexity index is 822. The third-order valence-corrected chi connectivity index (χ3v) is 6.38. The minimum Gasteiger partial charge on any atom is -0.379 e. The lowest BCUT2D eigenvalue weighted by atomic mass is 10.1. The van der Waals surface area contributed by atoms with Gasteiger partial charge in [-0.2, -0.15) is 4.31 Å². The highest BCUT2D eigenvalue weighted by Gasteiger charge is 2.25. The smallest absolute Gasteiger partial charge is 0.243 e. The quantitative estimate of drug-likeness (QED) is 0.844. The molecule has 0 atom stereocenters. The highest BCUT2D eigenvalue weighted by atomic mass is 32.2. The van der Waals surface area contributed by atoms with Crippen LogP contribution in [0.1, 0.15) is 22.3 Å². The summed E-state index contributed by atoms with van der Waals surface area (Å²) in [6.45, 7) is 7.44. The molecule has 26 heavy (non-hydrogen) atoms. The molecule has 1 aliphatic heterocycles. The molecule has 2 aromatic rings. The zero-order valence-electron chi connectivity index (χ0n) is 15.4. The normalized spacial score (nSPS) is 15.9. The van der Waals surface area contributed by atoms with Crippen molar-refractivity contribution in [1.82, 2.24) is 9.62 Å². The predicted octanol–water partition coefficient (Wildman–Crippen LogP) is 2.61. The van der Waals surface area contributed by atoms with E-state index in [1.807, 2.05) is 12.1 Å². The number of nitrogens with one attached hydrogen (secondary N) is 1. The highest BCUT2D eigenvalue weighted by molar-refractivity contribution is 7.89. The summed E-state index contributed by atoms with van der Waals surface area (Å²) in [4.78, 5) is 0.345. The molecule has 1 heterocycles. The van der Waals surface area contributed by atoms with Gasteiger partial charge in [0.25, 0.3) is 0 Å². The second-order valence-electron chi connectivity index (χ2n) is 6.76. The van der Waals surface area contributed by atoms with E-state index in [1.54, 1.807) is 12.1 Å². The van der Waals surface area contributed by atoms with Crippen molar-refractivity contribution in [2.45, 2.75) is 31.8 Å². The number of rotatable bonds is 6. The molecule has 0 radical (unpaired) electrons. The van der Waals surface area contributed by atoms with E-state index >= 15 is 0 Å². The Hall–Kier alpha value is -1.73. The lowest BCUT2D eigenvalue weighted by Gasteiger charge is -2.26. The van der Waals surface area contributed by atoms with E-state index in [1.165, 1.54) is 21.0 Å². The number of ether oxygens (including phenoxy) is 1. The van der Waals surface area contributed by atoms with Crippen molar-refractivity contribution < 1.29 is 13.2 Å². The van der Waals surface area contributed by atoms with Crippen molar-refractivity contribution in [3.8, 4) is 0 Å². The zero-order chi connectivity index (χ0) is 18.6. The molecular formula is C20H26N2O3S. The number of morpholine rings is 1. The van der Waals surface area contributed by atoms with Crippen LogP contribution in [-0.4, -0.2) is 39.0 Å². The maximum absolute atomic E-state index is 12.6. The molecule has 1 fully saturated rings. The number of hydrogen-bond donors (Lipinski definition) is 1. The Labute approximate surface area is 156 Å². The zero-order valence-corrected chi connectivity index (χ0v) is 16.2. The number of benzene rings is 2. The van der Waals surface area contributed by atoms with Crippen LogP contribution < -0.4 is 5.32 Å². The molecule has 0 amide bonds. The summed E-state index contributed by atoms with van der Waals surface area (Å²) in [7, 11) is -3.42. The van der Waals surface area contributed by atoms with Gasteiger partial charge < -0.3 is 10.1 Å². The number of nitrogens with zero attached hydrogens (tertiary/aromatic N) is 1. The average Bonchev–Trinajstić information content (AvgIpc) is 2.62. The SMILES string of the molecule is Cc1cc(C)cc(CNCc2ccc(S(=O)(=O)N3CCOCC3)cc2)c1. The van der Waals surface area contributed by atoms with Crippen LogP contribution in [-0.2, 0) is 27.8 Å². The maximum atomic E-state index is 12.6. The number of sulfonamides is 1. The minimum absolute atomic E-state index is 0.345. The molecular weight excluding hydrogens is 348 g/mol. The Morgan fingerprint density at radius 3 is 2.12 bits per heavy atom. The van der Waals surface area contributed by atoms with E-state index in [2.05, 4.69) is 37.4 Å². The first kappa shape index (κ1) is 19.0. The highest BCUT2D eigenvalue weighted by Crippen LogP contribution is 2.18. The predicted molar refractivity (Wildman–Crippen MR) is 102 cm³/mol. The van der Waals surface area contributed by atoms with Crippen LogP contribution >= 0.6 is 0 Å². The number of aryl methyl sites for hydroxylation is 2. The van der Waals surface area contributed by atoms with Crippen LogP contribution in [0, 0.1) is 13.8 Å². The third kappa shape index (κ3) is 4.71. The molecule has 1 N–H and O–H groups in total. The van der Waals surface area contributed by atoms with Crippen LogP contribution in [0.4, 0.5) is 0 Å². The molecule has 3 rings (SSSR count). The molecule has 6 heteroatoms. The van der Waals surface area contributed by atoms with E-state index < -0.39 is 10.0 Å². The lowest BCUT2D eigenvalue weighted by molar-refractivity contribution is 0.0730. The number of hydrogen-bond acceptors (Lipinski definition) is 4. The van der Waals surface area contributed by atoms with Gasteiger partial charge in [-0.3, -0.25) is 0 Å². The fourth-order valence-electron chi connectivity index (χ4n) is 3.24. The van der Waals surface area contributed by atoms with Gasteiger partial charge in [0.15, 0.2) is 0 Å². The van der Waals surface area contributed by atoms with Crippen molar-refractivity contribution in [2.75, 3.05) is 26.3 Å². The second-order valence-corrected chi connectivity index (χ2v) is 8.70. The molecule has 0 aliphatic carbocycles. The first-order valence-electron chi connectivity index (χ1n) is 8.90. The van der Waals surface area contributed by atoms with Crippen LogP contribution in [0.25, 0.3) is 0 Å². The first-order chi connectivity index (χ1) is 12.4. The summed E-state index contributed by atoms with van der Waals surface area (Å²) in [6.07, 6.45) is 0. The van der Waals surface area contributed by atoms with Gasteiger partial charge in [0.2, 0.25) is 10.0 Å². The molecule has 0 bridgehead atoms. The minimum atomic E-state index is -3.42. The fraction of sp³-hybridized carbons (Fsp3) is 0.400. The van der Waals surface area contributed by atoms with Gasteiger partial charge in [0.05, 0.1) is 18.1 Å². The Morgan fingerprint density at radius 1 is 0.923 bits per heavy atom. The standard InChI is InChI=1S/C20H26N2O3S/c1-16-11-17(2)13-19(12-16)15-21-14-18-3-5-20(6-4-18)26(23,24)22-7-9-25-10-8-22/h3-6,11-13,21H,7-10,14-15H2,1-2H3. The molecule has 5 nitrogen and oxygen atoms in total. The molecule has 0 aromatic heterocycles. The van der Waals surface area contributed by atoms with Crippen molar-refractivity contribution in [2.24, 2.45) is 0 Å². The average molecular weight is 375 g/mol. The van der Waals surface area contributed by atoms with Gasteiger partial charge in [-0.1, -0.05) is 41.5 Å². The van der Waals surface area contributed by atoms with Gasteiger partial charge in [0, 0.05) is 26.2 Å². The Kier molecular flexibility index (Phi) is 6.09. The van der Waals surface area contributed by atoms with Crippen LogP contribution in [0.2, 0.25) is 0 Å². The fourth-order valence-corrected chi connectivity index (χ4v) is 4.65. The van der Waals surface area contributed by atoms with Gasteiger partial charge in [-0.25, -0.2) is 8.42 Å². The van der Waals surface area contributed by atoms with Crippen LogP contribution in [0.5, 0.6) is 0 Å². The van der Waals surface area contributed by atoms with E-state index in [9.17, 15) is 8.42 Å². The summed E-state index contributed by atoms with van der Waals surface area (Å²) in [5, 5.41) is 3.42. The topological polar surface area (TPSA) is 58.6 Å². The molecule has 0 saturated carbocycles. The molecule has 1 saturated heterocycles. The lowest BCUT2D eigenvalue weighted by Crippen LogP contribution is -2.40. The van der Waals surface area contributed by atoms with E-state index in [4.69, 9.17) is 4.74 Å². The summed E-state index contributed by atoms with van der Waals surface area (Å²) in [6, 6.07) is 13.7.